The van der Waals surface area contributed by atoms with Crippen LogP contribution in [0.15, 0.2) is 75.3 Å². The summed E-state index contributed by atoms with van der Waals surface area (Å²) in [6, 6.07) is 18.8. The Morgan fingerprint density at radius 3 is 2.59 bits per heavy atom. The molecule has 7 heteroatoms. The zero-order valence-electron chi connectivity index (χ0n) is 19.0. The number of ether oxygens (including phenoxy) is 1. The second-order valence-electron chi connectivity index (χ2n) is 8.32. The number of thiophene rings is 1. The molecule has 174 valence electrons. The van der Waals surface area contributed by atoms with Crippen LogP contribution in [0.2, 0.25) is 0 Å². The van der Waals surface area contributed by atoms with E-state index in [-0.39, 0.29) is 17.4 Å². The van der Waals surface area contributed by atoms with Gasteiger partial charge in [0.15, 0.2) is 11.0 Å². The molecule has 1 N–H and O–H groups in total. The molecule has 1 aliphatic heterocycles. The van der Waals surface area contributed by atoms with Crippen molar-refractivity contribution in [2.24, 2.45) is 0 Å². The number of benzene rings is 2. The highest BCUT2D eigenvalue weighted by atomic mass is 32.1. The largest absolute Gasteiger partial charge is 0.455 e. The summed E-state index contributed by atoms with van der Waals surface area (Å²) in [5.41, 5.74) is 1.88. The predicted octanol–water partition coefficient (Wildman–Crippen LogP) is 4.63. The van der Waals surface area contributed by atoms with Crippen molar-refractivity contribution in [3.63, 3.8) is 0 Å². The molecule has 0 unspecified atom stereocenters. The minimum atomic E-state index is -0.258. The van der Waals surface area contributed by atoms with Gasteiger partial charge >= 0.3 is 0 Å². The van der Waals surface area contributed by atoms with E-state index in [1.807, 2.05) is 36.4 Å². The van der Waals surface area contributed by atoms with Crippen molar-refractivity contribution in [1.29, 1.82) is 0 Å². The Kier molecular flexibility index (Phi) is 6.58. The summed E-state index contributed by atoms with van der Waals surface area (Å²) in [6.07, 6.45) is 0. The number of amides is 1. The number of carbonyl (C=O) groups excluding carboxylic acids is 1. The normalized spacial score (nSPS) is 15.3. The highest BCUT2D eigenvalue weighted by Crippen LogP contribution is 2.28. The fourth-order valence-electron chi connectivity index (χ4n) is 4.42. The maximum absolute atomic E-state index is 13.3. The van der Waals surface area contributed by atoms with Crippen molar-refractivity contribution in [3.8, 4) is 11.3 Å². The molecule has 1 saturated heterocycles. The van der Waals surface area contributed by atoms with Crippen molar-refractivity contribution < 1.29 is 13.9 Å². The molecule has 5 rings (SSSR count). The van der Waals surface area contributed by atoms with Gasteiger partial charge in [-0.05, 0) is 30.5 Å². The Bertz CT molecular complexity index is 1340. The molecule has 34 heavy (non-hydrogen) atoms. The van der Waals surface area contributed by atoms with Crippen LogP contribution >= 0.6 is 11.3 Å². The van der Waals surface area contributed by atoms with Crippen LogP contribution in [0.1, 0.15) is 26.8 Å². The lowest BCUT2D eigenvalue weighted by Gasteiger charge is -2.34. The topological polar surface area (TPSA) is 71.8 Å². The molecule has 3 heterocycles. The van der Waals surface area contributed by atoms with E-state index in [9.17, 15) is 9.59 Å². The second-order valence-corrected chi connectivity index (χ2v) is 9.30. The summed E-state index contributed by atoms with van der Waals surface area (Å²) in [5.74, 6) is 0.231. The molecule has 6 nitrogen and oxygen atoms in total. The van der Waals surface area contributed by atoms with Crippen LogP contribution in [-0.2, 0) is 4.74 Å². The van der Waals surface area contributed by atoms with Crippen molar-refractivity contribution in [1.82, 2.24) is 10.2 Å². The van der Waals surface area contributed by atoms with Crippen LogP contribution < -0.4 is 10.7 Å². The first-order chi connectivity index (χ1) is 16.6. The third kappa shape index (κ3) is 4.42. The molecule has 0 radical (unpaired) electrons. The van der Waals surface area contributed by atoms with Crippen LogP contribution in [0.25, 0.3) is 22.3 Å². The molecule has 1 amide bonds. The van der Waals surface area contributed by atoms with Gasteiger partial charge in [0.1, 0.15) is 5.76 Å². The molecule has 4 aromatic rings. The molecule has 0 spiro atoms. The molecule has 2 aromatic carbocycles. The van der Waals surface area contributed by atoms with Crippen molar-refractivity contribution in [2.45, 2.75) is 13.0 Å². The van der Waals surface area contributed by atoms with Gasteiger partial charge in [0.2, 0.25) is 0 Å². The minimum Gasteiger partial charge on any atom is -0.455 e. The number of rotatable bonds is 6. The summed E-state index contributed by atoms with van der Waals surface area (Å²) < 4.78 is 11.7. The Morgan fingerprint density at radius 1 is 1.06 bits per heavy atom. The van der Waals surface area contributed by atoms with Gasteiger partial charge in [-0.2, -0.15) is 0 Å². The average molecular weight is 475 g/mol. The van der Waals surface area contributed by atoms with Gasteiger partial charge in [-0.3, -0.25) is 14.5 Å². The fourth-order valence-corrected chi connectivity index (χ4v) is 5.28. The van der Waals surface area contributed by atoms with E-state index >= 15 is 0 Å². The highest BCUT2D eigenvalue weighted by molar-refractivity contribution is 7.10. The van der Waals surface area contributed by atoms with Crippen LogP contribution in [0.5, 0.6) is 0 Å². The number of fused-ring (bicyclic) bond motifs is 1. The number of hydrogen-bond acceptors (Lipinski definition) is 6. The zero-order valence-corrected chi connectivity index (χ0v) is 19.8. The van der Waals surface area contributed by atoms with Crippen LogP contribution in [0, 0.1) is 6.92 Å². The quantitative estimate of drug-likeness (QED) is 0.441. The van der Waals surface area contributed by atoms with Crippen LogP contribution in [-0.4, -0.2) is 43.7 Å². The molecule has 0 aliphatic carbocycles. The van der Waals surface area contributed by atoms with Crippen molar-refractivity contribution >= 4 is 28.2 Å². The third-order valence-electron chi connectivity index (χ3n) is 6.24. The summed E-state index contributed by atoms with van der Waals surface area (Å²) in [7, 11) is 0. The second kappa shape index (κ2) is 9.93. The van der Waals surface area contributed by atoms with E-state index in [1.165, 1.54) is 4.88 Å². The third-order valence-corrected chi connectivity index (χ3v) is 7.21. The Balaban J connectivity index is 1.47. The molecule has 1 aliphatic rings. The SMILES string of the molecule is Cc1c(-c2ccccc2)oc2c(C(=O)NC[C@H](c3cccs3)N3CCOCC3)cccc2c1=O. The first-order valence-corrected chi connectivity index (χ1v) is 12.3. The molecule has 0 bridgehead atoms. The number of morpholine rings is 1. The Labute approximate surface area is 201 Å². The first kappa shape index (κ1) is 22.5. The van der Waals surface area contributed by atoms with Crippen LogP contribution in [0.4, 0.5) is 0 Å². The van der Waals surface area contributed by atoms with Crippen molar-refractivity contribution in [2.75, 3.05) is 32.8 Å². The van der Waals surface area contributed by atoms with E-state index in [0.717, 1.165) is 18.7 Å². The Hall–Kier alpha value is -3.26. The molecular formula is C27H26N2O4S. The van der Waals surface area contributed by atoms with E-state index < -0.39 is 0 Å². The number of para-hydroxylation sites is 1. The number of nitrogens with zero attached hydrogens (tertiary/aromatic N) is 1. The maximum atomic E-state index is 13.3. The fraction of sp³-hybridized carbons (Fsp3) is 0.259. The van der Waals surface area contributed by atoms with E-state index in [2.05, 4.69) is 21.7 Å². The van der Waals surface area contributed by atoms with Crippen molar-refractivity contribution in [3.05, 3.63) is 92.3 Å². The minimum absolute atomic E-state index is 0.0666. The Morgan fingerprint density at radius 2 is 1.85 bits per heavy atom. The number of nitrogens with one attached hydrogen (secondary N) is 1. The van der Waals surface area contributed by atoms with E-state index in [4.69, 9.17) is 9.15 Å². The van der Waals surface area contributed by atoms with Gasteiger partial charge < -0.3 is 14.5 Å². The van der Waals surface area contributed by atoms with Gasteiger partial charge in [-0.25, -0.2) is 0 Å². The first-order valence-electron chi connectivity index (χ1n) is 11.4. The molecule has 1 atom stereocenters. The van der Waals surface area contributed by atoms with Gasteiger partial charge in [-0.1, -0.05) is 42.5 Å². The standard InChI is InChI=1S/C27H26N2O4S/c1-18-24(30)20-9-5-10-21(26(20)33-25(18)19-7-3-2-4-8-19)27(31)28-17-22(23-11-6-16-34-23)29-12-14-32-15-13-29/h2-11,16,22H,12-15,17H2,1H3,(H,28,31)/t22-/m1/s1. The smallest absolute Gasteiger partial charge is 0.255 e. The average Bonchev–Trinajstić information content (AvgIpc) is 3.42. The summed E-state index contributed by atoms with van der Waals surface area (Å²) >= 11 is 1.68. The molecule has 2 aromatic heterocycles. The van der Waals surface area contributed by atoms with Gasteiger partial charge in [-0.15, -0.1) is 11.3 Å². The van der Waals surface area contributed by atoms with E-state index in [1.54, 1.807) is 36.5 Å². The number of carbonyl (C=O) groups is 1. The van der Waals surface area contributed by atoms with E-state index in [0.29, 0.717) is 47.6 Å². The summed E-state index contributed by atoms with van der Waals surface area (Å²) in [5, 5.41) is 5.56. The lowest BCUT2D eigenvalue weighted by Crippen LogP contribution is -2.43. The maximum Gasteiger partial charge on any atom is 0.255 e. The predicted molar refractivity (Wildman–Crippen MR) is 134 cm³/mol. The number of hydrogen-bond donors (Lipinski definition) is 1. The molecule has 0 saturated carbocycles. The zero-order chi connectivity index (χ0) is 23.5. The summed E-state index contributed by atoms with van der Waals surface area (Å²) in [4.78, 5) is 30.0. The molecular weight excluding hydrogens is 448 g/mol. The van der Waals surface area contributed by atoms with Gasteiger partial charge in [0, 0.05) is 35.6 Å². The highest BCUT2D eigenvalue weighted by Gasteiger charge is 2.25. The van der Waals surface area contributed by atoms with Gasteiger partial charge in [0.25, 0.3) is 5.91 Å². The molecule has 1 fully saturated rings. The lowest BCUT2D eigenvalue weighted by molar-refractivity contribution is 0.0169. The summed E-state index contributed by atoms with van der Waals surface area (Å²) in [6.45, 7) is 5.23. The monoisotopic (exact) mass is 474 g/mol. The lowest BCUT2D eigenvalue weighted by atomic mass is 10.0. The van der Waals surface area contributed by atoms with Crippen LogP contribution in [0.3, 0.4) is 0 Å². The van der Waals surface area contributed by atoms with Gasteiger partial charge in [0.05, 0.1) is 30.2 Å².